The summed E-state index contributed by atoms with van der Waals surface area (Å²) < 4.78 is 11.1. The van der Waals surface area contributed by atoms with E-state index in [1.807, 2.05) is 19.9 Å². The summed E-state index contributed by atoms with van der Waals surface area (Å²) in [4.78, 5) is 0. The third-order valence-electron chi connectivity index (χ3n) is 3.02. The summed E-state index contributed by atoms with van der Waals surface area (Å²) in [5.41, 5.74) is 1.37. The highest BCUT2D eigenvalue weighted by molar-refractivity contribution is 5.44. The first-order chi connectivity index (χ1) is 8.35. The van der Waals surface area contributed by atoms with Crippen molar-refractivity contribution in [3.8, 4) is 11.5 Å². The third-order valence-corrected chi connectivity index (χ3v) is 3.02. The van der Waals surface area contributed by atoms with Crippen LogP contribution in [-0.2, 0) is 0 Å². The van der Waals surface area contributed by atoms with Crippen LogP contribution in [0.1, 0.15) is 52.0 Å². The van der Waals surface area contributed by atoms with Crippen LogP contribution >= 0.6 is 0 Å². The Hall–Kier alpha value is -1.18. The molecule has 0 saturated heterocycles. The zero-order valence-corrected chi connectivity index (χ0v) is 11.5. The van der Waals surface area contributed by atoms with E-state index in [-0.39, 0.29) is 0 Å². The van der Waals surface area contributed by atoms with Gasteiger partial charge in [0.1, 0.15) is 13.2 Å². The van der Waals surface area contributed by atoms with Gasteiger partial charge in [-0.25, -0.2) is 0 Å². The van der Waals surface area contributed by atoms with Crippen molar-refractivity contribution >= 4 is 0 Å². The maximum absolute atomic E-state index is 5.58. The summed E-state index contributed by atoms with van der Waals surface area (Å²) in [6.45, 7) is 9.78. The Kier molecular flexibility index (Phi) is 5.88. The van der Waals surface area contributed by atoms with E-state index in [9.17, 15) is 0 Å². The molecule has 0 atom stereocenters. The van der Waals surface area contributed by atoms with Gasteiger partial charge in [0, 0.05) is 0 Å². The maximum atomic E-state index is 5.58. The van der Waals surface area contributed by atoms with Gasteiger partial charge in [-0.05, 0) is 36.5 Å². The van der Waals surface area contributed by atoms with Gasteiger partial charge in [0.2, 0.25) is 0 Å². The van der Waals surface area contributed by atoms with Gasteiger partial charge in [0.25, 0.3) is 0 Å². The van der Waals surface area contributed by atoms with Crippen molar-refractivity contribution in [1.29, 1.82) is 0 Å². The molecule has 0 fully saturated rings. The standard InChI is InChI=1S/C13H18O2.C2H6/c1-3-10(4-2)11-5-6-12-13(9-11)15-8-7-14-12;1-2/h5-6,9-10H,3-4,7-8H2,1-2H3;1-2H3. The fourth-order valence-electron chi connectivity index (χ4n) is 2.07. The second kappa shape index (κ2) is 7.21. The Balaban J connectivity index is 0.000000686. The molecule has 2 heteroatoms. The van der Waals surface area contributed by atoms with E-state index >= 15 is 0 Å². The van der Waals surface area contributed by atoms with E-state index in [4.69, 9.17) is 9.47 Å². The molecule has 1 aliphatic rings. The highest BCUT2D eigenvalue weighted by Gasteiger charge is 2.14. The molecule has 2 nitrogen and oxygen atoms in total. The minimum Gasteiger partial charge on any atom is -0.486 e. The summed E-state index contributed by atoms with van der Waals surface area (Å²) in [6, 6.07) is 6.32. The van der Waals surface area contributed by atoms with Crippen molar-refractivity contribution in [1.82, 2.24) is 0 Å². The predicted octanol–water partition coefficient (Wildman–Crippen LogP) is 4.39. The molecule has 0 saturated carbocycles. The molecule has 2 rings (SSSR count). The number of benzene rings is 1. The van der Waals surface area contributed by atoms with Crippen LogP contribution in [0.15, 0.2) is 18.2 Å². The second-order valence-corrected chi connectivity index (χ2v) is 3.92. The summed E-state index contributed by atoms with van der Waals surface area (Å²) in [6.07, 6.45) is 2.35. The van der Waals surface area contributed by atoms with Crippen LogP contribution in [0.4, 0.5) is 0 Å². The molecule has 0 bridgehead atoms. The van der Waals surface area contributed by atoms with E-state index < -0.39 is 0 Å². The molecule has 1 aliphatic heterocycles. The van der Waals surface area contributed by atoms with Crippen molar-refractivity contribution in [3.05, 3.63) is 23.8 Å². The lowest BCUT2D eigenvalue weighted by Gasteiger charge is -2.21. The van der Waals surface area contributed by atoms with Crippen LogP contribution in [0.3, 0.4) is 0 Å². The fraction of sp³-hybridized carbons (Fsp3) is 0.600. The Morgan fingerprint density at radius 2 is 1.59 bits per heavy atom. The summed E-state index contributed by atoms with van der Waals surface area (Å²) in [7, 11) is 0. The fourth-order valence-corrected chi connectivity index (χ4v) is 2.07. The van der Waals surface area contributed by atoms with Crippen LogP contribution in [0.25, 0.3) is 0 Å². The van der Waals surface area contributed by atoms with E-state index in [0.29, 0.717) is 19.1 Å². The number of fused-ring (bicyclic) bond motifs is 1. The molecule has 0 amide bonds. The van der Waals surface area contributed by atoms with E-state index in [1.54, 1.807) is 0 Å². The zero-order valence-electron chi connectivity index (χ0n) is 11.5. The molecule has 0 aliphatic carbocycles. The molecule has 17 heavy (non-hydrogen) atoms. The monoisotopic (exact) mass is 236 g/mol. The Morgan fingerprint density at radius 3 is 2.18 bits per heavy atom. The van der Waals surface area contributed by atoms with Crippen LogP contribution < -0.4 is 9.47 Å². The number of hydrogen-bond donors (Lipinski definition) is 0. The molecule has 0 radical (unpaired) electrons. The molecule has 96 valence electrons. The van der Waals surface area contributed by atoms with Crippen LogP contribution in [0.5, 0.6) is 11.5 Å². The van der Waals surface area contributed by atoms with Gasteiger partial charge in [-0.3, -0.25) is 0 Å². The van der Waals surface area contributed by atoms with Gasteiger partial charge < -0.3 is 9.47 Å². The SMILES string of the molecule is CC.CCC(CC)c1ccc2c(c1)OCCO2. The number of ether oxygens (including phenoxy) is 2. The highest BCUT2D eigenvalue weighted by atomic mass is 16.6. The lowest BCUT2D eigenvalue weighted by molar-refractivity contribution is 0.171. The number of rotatable bonds is 3. The van der Waals surface area contributed by atoms with Gasteiger partial charge in [-0.2, -0.15) is 0 Å². The minimum absolute atomic E-state index is 0.640. The van der Waals surface area contributed by atoms with E-state index in [2.05, 4.69) is 26.0 Å². The summed E-state index contributed by atoms with van der Waals surface area (Å²) >= 11 is 0. The first-order valence-electron chi connectivity index (χ1n) is 6.74. The average molecular weight is 236 g/mol. The van der Waals surface area contributed by atoms with Gasteiger partial charge in [0.05, 0.1) is 0 Å². The molecule has 1 aromatic carbocycles. The molecule has 0 N–H and O–H groups in total. The molecule has 0 spiro atoms. The van der Waals surface area contributed by atoms with Crippen LogP contribution in [0, 0.1) is 0 Å². The van der Waals surface area contributed by atoms with E-state index in [1.165, 1.54) is 18.4 Å². The predicted molar refractivity (Wildman–Crippen MR) is 72.1 cm³/mol. The topological polar surface area (TPSA) is 18.5 Å². The largest absolute Gasteiger partial charge is 0.486 e. The van der Waals surface area contributed by atoms with Gasteiger partial charge in [0.15, 0.2) is 11.5 Å². The Bertz CT molecular complexity index is 330. The van der Waals surface area contributed by atoms with Crippen molar-refractivity contribution in [2.24, 2.45) is 0 Å². The third kappa shape index (κ3) is 3.39. The van der Waals surface area contributed by atoms with Crippen LogP contribution in [0.2, 0.25) is 0 Å². The lowest BCUT2D eigenvalue weighted by Crippen LogP contribution is -2.15. The van der Waals surface area contributed by atoms with Crippen molar-refractivity contribution in [2.75, 3.05) is 13.2 Å². The Labute approximate surface area is 105 Å². The molecule has 0 unspecified atom stereocenters. The highest BCUT2D eigenvalue weighted by Crippen LogP contribution is 2.34. The quantitative estimate of drug-likeness (QED) is 0.775. The van der Waals surface area contributed by atoms with Gasteiger partial charge >= 0.3 is 0 Å². The smallest absolute Gasteiger partial charge is 0.161 e. The molecule has 1 heterocycles. The first kappa shape index (κ1) is 13.9. The zero-order chi connectivity index (χ0) is 12.7. The van der Waals surface area contributed by atoms with Gasteiger partial charge in [-0.15, -0.1) is 0 Å². The average Bonchev–Trinajstić information content (AvgIpc) is 2.42. The summed E-state index contributed by atoms with van der Waals surface area (Å²) in [5, 5.41) is 0. The maximum Gasteiger partial charge on any atom is 0.161 e. The minimum atomic E-state index is 0.640. The van der Waals surface area contributed by atoms with Crippen molar-refractivity contribution in [3.63, 3.8) is 0 Å². The van der Waals surface area contributed by atoms with E-state index in [0.717, 1.165) is 11.5 Å². The summed E-state index contributed by atoms with van der Waals surface area (Å²) in [5.74, 6) is 2.43. The van der Waals surface area contributed by atoms with Gasteiger partial charge in [-0.1, -0.05) is 33.8 Å². The molecular weight excluding hydrogens is 212 g/mol. The normalized spacial score (nSPS) is 13.0. The Morgan fingerprint density at radius 1 is 1.00 bits per heavy atom. The molecular formula is C15H24O2. The first-order valence-corrected chi connectivity index (χ1v) is 6.74. The van der Waals surface area contributed by atoms with Crippen molar-refractivity contribution < 1.29 is 9.47 Å². The van der Waals surface area contributed by atoms with Crippen LogP contribution in [-0.4, -0.2) is 13.2 Å². The second-order valence-electron chi connectivity index (χ2n) is 3.92. The lowest BCUT2D eigenvalue weighted by atomic mass is 9.94. The molecule has 1 aromatic rings. The number of hydrogen-bond acceptors (Lipinski definition) is 2. The molecule has 0 aromatic heterocycles. The van der Waals surface area contributed by atoms with Crippen molar-refractivity contribution in [2.45, 2.75) is 46.5 Å².